The maximum absolute atomic E-state index is 13.0. The van der Waals surface area contributed by atoms with E-state index in [0.717, 1.165) is 18.2 Å². The van der Waals surface area contributed by atoms with Gasteiger partial charge in [0.05, 0.1) is 38.0 Å². The number of carbonyl (C=O) groups excluding carboxylic acids is 1. The summed E-state index contributed by atoms with van der Waals surface area (Å²) in [6, 6.07) is 7.13. The third-order valence-electron chi connectivity index (χ3n) is 5.03. The van der Waals surface area contributed by atoms with E-state index in [0.29, 0.717) is 23.4 Å². The first-order chi connectivity index (χ1) is 14.9. The molecule has 174 valence electrons. The van der Waals surface area contributed by atoms with E-state index in [-0.39, 0.29) is 34.6 Å². The largest absolute Gasteiger partial charge is 0.416 e. The van der Waals surface area contributed by atoms with E-state index in [1.807, 2.05) is 0 Å². The molecule has 2 aromatic carbocycles. The van der Waals surface area contributed by atoms with Crippen molar-refractivity contribution in [1.82, 2.24) is 4.31 Å². The summed E-state index contributed by atoms with van der Waals surface area (Å²) in [5, 5.41) is 2.89. The summed E-state index contributed by atoms with van der Waals surface area (Å²) in [7, 11) is -3.76. The molecule has 0 saturated carbocycles. The Morgan fingerprint density at radius 3 is 2.41 bits per heavy atom. The van der Waals surface area contributed by atoms with Crippen molar-refractivity contribution in [2.24, 2.45) is 5.92 Å². The molecule has 12 heteroatoms. The first-order valence-corrected chi connectivity index (χ1v) is 12.2. The van der Waals surface area contributed by atoms with Gasteiger partial charge < -0.3 is 5.32 Å². The lowest BCUT2D eigenvalue weighted by Gasteiger charge is -2.31. The second-order valence-corrected chi connectivity index (χ2v) is 10.6. The van der Waals surface area contributed by atoms with Gasteiger partial charge in [-0.25, -0.2) is 12.7 Å². The van der Waals surface area contributed by atoms with Gasteiger partial charge in [-0.05, 0) is 48.7 Å². The van der Waals surface area contributed by atoms with Crippen molar-refractivity contribution in [2.75, 3.05) is 18.4 Å². The van der Waals surface area contributed by atoms with E-state index in [9.17, 15) is 26.4 Å². The van der Waals surface area contributed by atoms with Gasteiger partial charge in [-0.15, -0.1) is 0 Å². The van der Waals surface area contributed by atoms with Gasteiger partial charge in [0, 0.05) is 13.1 Å². The van der Waals surface area contributed by atoms with Crippen LogP contribution in [0.25, 0.3) is 0 Å². The van der Waals surface area contributed by atoms with E-state index in [1.165, 1.54) is 16.4 Å². The van der Waals surface area contributed by atoms with Crippen LogP contribution >= 0.6 is 34.8 Å². The van der Waals surface area contributed by atoms with Crippen molar-refractivity contribution in [3.63, 3.8) is 0 Å². The lowest BCUT2D eigenvalue weighted by atomic mass is 9.98. The Balaban J connectivity index is 1.71. The number of sulfonamides is 1. The summed E-state index contributed by atoms with van der Waals surface area (Å²) in [6.07, 6.45) is -3.78. The molecule has 0 aliphatic carbocycles. The van der Waals surface area contributed by atoms with E-state index in [1.54, 1.807) is 6.07 Å². The number of amides is 1. The minimum Gasteiger partial charge on any atom is -0.324 e. The third-order valence-corrected chi connectivity index (χ3v) is 7.92. The molecule has 1 atom stereocenters. The molecule has 5 nitrogen and oxygen atoms in total. The first kappa shape index (κ1) is 25.1. The number of piperidine rings is 1. The smallest absolute Gasteiger partial charge is 0.324 e. The van der Waals surface area contributed by atoms with Gasteiger partial charge in [-0.2, -0.15) is 13.2 Å². The van der Waals surface area contributed by atoms with E-state index >= 15 is 0 Å². The average molecular weight is 530 g/mol. The monoisotopic (exact) mass is 528 g/mol. The highest BCUT2D eigenvalue weighted by Crippen LogP contribution is 2.34. The second-order valence-electron chi connectivity index (χ2n) is 7.38. The van der Waals surface area contributed by atoms with Gasteiger partial charge >= 0.3 is 6.18 Å². The molecule has 0 spiro atoms. The van der Waals surface area contributed by atoms with E-state index in [4.69, 9.17) is 34.8 Å². The highest BCUT2D eigenvalue weighted by atomic mass is 35.5. The van der Waals surface area contributed by atoms with Crippen molar-refractivity contribution in [2.45, 2.75) is 24.8 Å². The lowest BCUT2D eigenvalue weighted by Crippen LogP contribution is -2.44. The summed E-state index contributed by atoms with van der Waals surface area (Å²) >= 11 is 17.7. The van der Waals surface area contributed by atoms with Crippen LogP contribution < -0.4 is 5.32 Å². The molecule has 32 heavy (non-hydrogen) atoms. The quantitative estimate of drug-likeness (QED) is 0.529. The van der Waals surface area contributed by atoms with Gasteiger partial charge in [0.15, 0.2) is 0 Å². The van der Waals surface area contributed by atoms with Crippen LogP contribution in [0.4, 0.5) is 18.9 Å². The molecular formula is C20H18Cl3F3N2O3S. The van der Waals surface area contributed by atoms with Crippen molar-refractivity contribution in [1.29, 1.82) is 0 Å². The zero-order valence-corrected chi connectivity index (χ0v) is 19.5. The first-order valence-electron chi connectivity index (χ1n) is 9.46. The van der Waals surface area contributed by atoms with Crippen molar-refractivity contribution in [3.05, 3.63) is 62.6 Å². The maximum atomic E-state index is 13.0. The Bertz CT molecular complexity index is 1130. The highest BCUT2D eigenvalue weighted by molar-refractivity contribution is 7.88. The zero-order valence-electron chi connectivity index (χ0n) is 16.4. The van der Waals surface area contributed by atoms with Crippen molar-refractivity contribution < 1.29 is 26.4 Å². The SMILES string of the molecule is O=C(Nc1cc(C(F)(F)F)ccc1Cl)C1CCCN(S(=O)(=O)Cc2ccc(Cl)c(Cl)c2)C1. The minimum absolute atomic E-state index is 0.0498. The molecule has 0 radical (unpaired) electrons. The maximum Gasteiger partial charge on any atom is 0.416 e. The molecule has 1 unspecified atom stereocenters. The lowest BCUT2D eigenvalue weighted by molar-refractivity contribution is -0.137. The van der Waals surface area contributed by atoms with Crippen LogP contribution in [0.15, 0.2) is 36.4 Å². The Hall–Kier alpha value is -1.52. The summed E-state index contributed by atoms with van der Waals surface area (Å²) in [4.78, 5) is 12.7. The molecule has 3 rings (SSSR count). The number of alkyl halides is 3. The second kappa shape index (κ2) is 9.77. The van der Waals surface area contributed by atoms with Crippen LogP contribution in [0.2, 0.25) is 15.1 Å². The molecule has 0 aromatic heterocycles. The predicted molar refractivity (Wildman–Crippen MR) is 118 cm³/mol. The number of anilines is 1. The molecule has 1 heterocycles. The van der Waals surface area contributed by atoms with Crippen LogP contribution in [0.1, 0.15) is 24.0 Å². The summed E-state index contributed by atoms with van der Waals surface area (Å²) < 4.78 is 65.8. The number of carbonyl (C=O) groups is 1. The standard InChI is InChI=1S/C20H18Cl3F3N2O3S/c21-15-5-3-12(8-17(15)23)11-32(30,31)28-7-1-2-13(10-28)19(29)27-18-9-14(20(24,25)26)4-6-16(18)22/h3-6,8-9,13H,1-2,7,10-11H2,(H,27,29). The van der Waals surface area contributed by atoms with Gasteiger partial charge in [-0.3, -0.25) is 4.79 Å². The van der Waals surface area contributed by atoms with Gasteiger partial charge in [-0.1, -0.05) is 40.9 Å². The van der Waals surface area contributed by atoms with Crippen LogP contribution in [0.3, 0.4) is 0 Å². The number of nitrogens with one attached hydrogen (secondary N) is 1. The molecule has 1 aliphatic rings. The van der Waals surface area contributed by atoms with Crippen molar-refractivity contribution in [3.8, 4) is 0 Å². The van der Waals surface area contributed by atoms with Gasteiger partial charge in [0.2, 0.25) is 15.9 Å². The molecule has 0 bridgehead atoms. The van der Waals surface area contributed by atoms with Crippen LogP contribution in [-0.4, -0.2) is 31.7 Å². The Kier molecular flexibility index (Phi) is 7.66. The molecule has 1 amide bonds. The van der Waals surface area contributed by atoms with Crippen molar-refractivity contribution >= 4 is 56.4 Å². The molecule has 1 saturated heterocycles. The molecule has 1 N–H and O–H groups in total. The number of rotatable bonds is 5. The minimum atomic E-state index is -4.59. The fourth-order valence-corrected chi connectivity index (χ4v) is 5.46. The number of hydrogen-bond acceptors (Lipinski definition) is 3. The Labute approximate surface area is 198 Å². The molecular weight excluding hydrogens is 512 g/mol. The summed E-state index contributed by atoms with van der Waals surface area (Å²) in [5.41, 5.74) is -0.685. The van der Waals surface area contributed by atoms with Crippen LogP contribution in [0, 0.1) is 5.92 Å². The third kappa shape index (κ3) is 6.08. The number of nitrogens with zero attached hydrogens (tertiary/aromatic N) is 1. The number of halogens is 6. The predicted octanol–water partition coefficient (Wildman–Crippen LogP) is 5.85. The van der Waals surface area contributed by atoms with Crippen LogP contribution in [-0.2, 0) is 26.7 Å². The van der Waals surface area contributed by atoms with E-state index < -0.39 is 33.6 Å². The highest BCUT2D eigenvalue weighted by Gasteiger charge is 2.34. The topological polar surface area (TPSA) is 66.5 Å². The van der Waals surface area contributed by atoms with Gasteiger partial charge in [0.1, 0.15) is 0 Å². The number of benzene rings is 2. The Morgan fingerprint density at radius 2 is 1.75 bits per heavy atom. The summed E-state index contributed by atoms with van der Waals surface area (Å²) in [6.45, 7) is 0.143. The van der Waals surface area contributed by atoms with E-state index in [2.05, 4.69) is 5.32 Å². The zero-order chi connectivity index (χ0) is 23.7. The fourth-order valence-electron chi connectivity index (χ4n) is 3.37. The van der Waals surface area contributed by atoms with Gasteiger partial charge in [0.25, 0.3) is 0 Å². The molecule has 2 aromatic rings. The Morgan fingerprint density at radius 1 is 1.06 bits per heavy atom. The number of hydrogen-bond donors (Lipinski definition) is 1. The molecule has 1 fully saturated rings. The molecule has 1 aliphatic heterocycles. The fraction of sp³-hybridized carbons (Fsp3) is 0.350. The average Bonchev–Trinajstić information content (AvgIpc) is 2.71. The summed E-state index contributed by atoms with van der Waals surface area (Å²) in [5.74, 6) is -1.66. The van der Waals surface area contributed by atoms with Crippen LogP contribution in [0.5, 0.6) is 0 Å². The normalized spacial score (nSPS) is 17.9.